The number of anilines is 2. The summed E-state index contributed by atoms with van der Waals surface area (Å²) in [4.78, 5) is 11.5. The summed E-state index contributed by atoms with van der Waals surface area (Å²) < 4.78 is 0. The van der Waals surface area contributed by atoms with Gasteiger partial charge in [0, 0.05) is 10.6 Å². The molecule has 0 spiro atoms. The highest BCUT2D eigenvalue weighted by Gasteiger charge is 2.32. The number of para-hydroxylation sites is 1. The number of nitrogens with zero attached hydrogens (tertiary/aromatic N) is 2. The van der Waals surface area contributed by atoms with Crippen molar-refractivity contribution in [2.45, 2.75) is 47.0 Å². The fourth-order valence-electron chi connectivity index (χ4n) is 3.82. The summed E-state index contributed by atoms with van der Waals surface area (Å²) in [5.41, 5.74) is 4.00. The van der Waals surface area contributed by atoms with Crippen LogP contribution in [0.25, 0.3) is 10.2 Å². The van der Waals surface area contributed by atoms with Crippen molar-refractivity contribution in [2.24, 2.45) is 11.3 Å². The molecule has 136 valence electrons. The lowest BCUT2D eigenvalue weighted by atomic mass is 9.72. The van der Waals surface area contributed by atoms with Crippen molar-refractivity contribution in [1.29, 1.82) is 0 Å². The molecule has 0 aliphatic heterocycles. The zero-order valence-electron chi connectivity index (χ0n) is 15.7. The molecule has 1 N–H and O–H groups in total. The predicted molar refractivity (Wildman–Crippen MR) is 112 cm³/mol. The van der Waals surface area contributed by atoms with E-state index < -0.39 is 0 Å². The van der Waals surface area contributed by atoms with E-state index in [0.29, 0.717) is 16.6 Å². The quantitative estimate of drug-likeness (QED) is 0.508. The maximum atomic E-state index is 6.24. The summed E-state index contributed by atoms with van der Waals surface area (Å²) in [5.74, 6) is 1.54. The van der Waals surface area contributed by atoms with Crippen molar-refractivity contribution in [3.63, 3.8) is 0 Å². The molecule has 1 aliphatic carbocycles. The highest BCUT2D eigenvalue weighted by atomic mass is 35.5. The Balaban J connectivity index is 1.80. The molecule has 0 saturated carbocycles. The van der Waals surface area contributed by atoms with Crippen molar-refractivity contribution in [2.75, 3.05) is 5.32 Å². The van der Waals surface area contributed by atoms with Gasteiger partial charge in [0.1, 0.15) is 10.6 Å². The van der Waals surface area contributed by atoms with E-state index in [9.17, 15) is 0 Å². The first-order valence-corrected chi connectivity index (χ1v) is 10.3. The third kappa shape index (κ3) is 3.21. The van der Waals surface area contributed by atoms with E-state index in [0.717, 1.165) is 34.6 Å². The summed E-state index contributed by atoms with van der Waals surface area (Å²) in [6, 6.07) is 8.25. The monoisotopic (exact) mass is 385 g/mol. The third-order valence-electron chi connectivity index (χ3n) is 5.50. The maximum absolute atomic E-state index is 6.24. The molecular weight excluding hydrogens is 362 g/mol. The molecule has 0 amide bonds. The van der Waals surface area contributed by atoms with Crippen molar-refractivity contribution >= 4 is 44.7 Å². The number of hydrogen-bond acceptors (Lipinski definition) is 4. The van der Waals surface area contributed by atoms with Gasteiger partial charge in [-0.2, -0.15) is 4.98 Å². The SMILES string of the molecule is Cc1ccccc1Nc1nc(Cl)nc2sc3c(c12)CCC(C(C)(C)C)C3. The number of hydrogen-bond donors (Lipinski definition) is 1. The van der Waals surface area contributed by atoms with Gasteiger partial charge in [-0.3, -0.25) is 0 Å². The van der Waals surface area contributed by atoms with Crippen molar-refractivity contribution in [3.05, 3.63) is 45.6 Å². The largest absolute Gasteiger partial charge is 0.339 e. The van der Waals surface area contributed by atoms with E-state index in [1.807, 2.05) is 12.1 Å². The van der Waals surface area contributed by atoms with Crippen LogP contribution in [-0.2, 0) is 12.8 Å². The Labute approximate surface area is 163 Å². The lowest BCUT2D eigenvalue weighted by Crippen LogP contribution is -2.26. The number of rotatable bonds is 2. The Hall–Kier alpha value is -1.65. The molecule has 2 aromatic heterocycles. The molecule has 1 aromatic carbocycles. The normalized spacial score (nSPS) is 17.3. The molecule has 1 atom stereocenters. The standard InChI is InChI=1S/C21H24ClN3S/c1-12-7-5-6-8-15(12)23-18-17-14-10-9-13(21(2,3)4)11-16(14)26-19(17)25-20(22)24-18/h5-8,13H,9-11H2,1-4H3,(H,23,24,25). The van der Waals surface area contributed by atoms with Gasteiger partial charge in [-0.25, -0.2) is 4.98 Å². The highest BCUT2D eigenvalue weighted by Crippen LogP contribution is 2.45. The van der Waals surface area contributed by atoms with E-state index in [1.165, 1.54) is 22.4 Å². The van der Waals surface area contributed by atoms with Crippen LogP contribution < -0.4 is 5.32 Å². The number of aryl methyl sites for hydroxylation is 2. The number of aromatic nitrogens is 2. The van der Waals surface area contributed by atoms with Crippen LogP contribution in [0.1, 0.15) is 43.2 Å². The molecule has 26 heavy (non-hydrogen) atoms. The van der Waals surface area contributed by atoms with Crippen LogP contribution >= 0.6 is 22.9 Å². The molecule has 5 heteroatoms. The number of halogens is 1. The van der Waals surface area contributed by atoms with Crippen LogP contribution in [0, 0.1) is 18.3 Å². The fraction of sp³-hybridized carbons (Fsp3) is 0.429. The summed E-state index contributed by atoms with van der Waals surface area (Å²) >= 11 is 8.03. The predicted octanol–water partition coefficient (Wildman–Crippen LogP) is 6.55. The minimum atomic E-state index is 0.305. The smallest absolute Gasteiger partial charge is 0.225 e. The number of nitrogens with one attached hydrogen (secondary N) is 1. The van der Waals surface area contributed by atoms with Crippen molar-refractivity contribution in [3.8, 4) is 0 Å². The highest BCUT2D eigenvalue weighted by molar-refractivity contribution is 7.19. The van der Waals surface area contributed by atoms with Gasteiger partial charge in [-0.1, -0.05) is 39.0 Å². The summed E-state index contributed by atoms with van der Waals surface area (Å²) in [7, 11) is 0. The van der Waals surface area contributed by atoms with E-state index in [-0.39, 0.29) is 0 Å². The second-order valence-corrected chi connectivity index (χ2v) is 9.69. The van der Waals surface area contributed by atoms with Crippen LogP contribution in [0.4, 0.5) is 11.5 Å². The molecule has 2 heterocycles. The lowest BCUT2D eigenvalue weighted by Gasteiger charge is -2.33. The van der Waals surface area contributed by atoms with Crippen LogP contribution in [0.2, 0.25) is 5.28 Å². The van der Waals surface area contributed by atoms with Gasteiger partial charge in [0.25, 0.3) is 0 Å². The number of fused-ring (bicyclic) bond motifs is 3. The molecule has 0 fully saturated rings. The minimum Gasteiger partial charge on any atom is -0.339 e. The number of benzene rings is 1. The summed E-state index contributed by atoms with van der Waals surface area (Å²) in [6.45, 7) is 9.13. The topological polar surface area (TPSA) is 37.8 Å². The molecule has 0 bridgehead atoms. The second-order valence-electron chi connectivity index (χ2n) is 8.27. The van der Waals surface area contributed by atoms with Crippen molar-refractivity contribution in [1.82, 2.24) is 9.97 Å². The third-order valence-corrected chi connectivity index (χ3v) is 6.82. The van der Waals surface area contributed by atoms with E-state index in [4.69, 9.17) is 11.6 Å². The van der Waals surface area contributed by atoms with Gasteiger partial charge < -0.3 is 5.32 Å². The Morgan fingerprint density at radius 3 is 2.69 bits per heavy atom. The van der Waals surface area contributed by atoms with Gasteiger partial charge in [0.15, 0.2) is 0 Å². The first kappa shape index (κ1) is 17.7. The Bertz CT molecular complexity index is 971. The van der Waals surface area contributed by atoms with Gasteiger partial charge >= 0.3 is 0 Å². The van der Waals surface area contributed by atoms with E-state index in [1.54, 1.807) is 11.3 Å². The molecule has 1 unspecified atom stereocenters. The first-order valence-electron chi connectivity index (χ1n) is 9.13. The zero-order chi connectivity index (χ0) is 18.5. The van der Waals surface area contributed by atoms with Gasteiger partial charge in [0.05, 0.1) is 5.39 Å². The lowest BCUT2D eigenvalue weighted by molar-refractivity contribution is 0.218. The van der Waals surface area contributed by atoms with Gasteiger partial charge in [-0.05, 0) is 66.3 Å². The van der Waals surface area contributed by atoms with Gasteiger partial charge in [0.2, 0.25) is 5.28 Å². The molecular formula is C21H24ClN3S. The molecule has 3 aromatic rings. The second kappa shape index (κ2) is 6.50. The van der Waals surface area contributed by atoms with Crippen LogP contribution in [0.15, 0.2) is 24.3 Å². The maximum Gasteiger partial charge on any atom is 0.225 e. The van der Waals surface area contributed by atoms with Crippen LogP contribution in [0.5, 0.6) is 0 Å². The zero-order valence-corrected chi connectivity index (χ0v) is 17.3. The average molecular weight is 386 g/mol. The van der Waals surface area contributed by atoms with E-state index in [2.05, 4.69) is 55.1 Å². The molecule has 1 aliphatic rings. The average Bonchev–Trinajstić information content (AvgIpc) is 2.93. The Morgan fingerprint density at radius 1 is 1.19 bits per heavy atom. The van der Waals surface area contributed by atoms with Gasteiger partial charge in [-0.15, -0.1) is 11.3 Å². The fourth-order valence-corrected chi connectivity index (χ4v) is 5.34. The number of thiophene rings is 1. The molecule has 3 nitrogen and oxygen atoms in total. The molecule has 0 saturated heterocycles. The Kier molecular flexibility index (Phi) is 4.44. The Morgan fingerprint density at radius 2 is 1.96 bits per heavy atom. The molecule has 0 radical (unpaired) electrons. The van der Waals surface area contributed by atoms with E-state index >= 15 is 0 Å². The minimum absolute atomic E-state index is 0.305. The molecule has 4 rings (SSSR count). The van der Waals surface area contributed by atoms with Crippen LogP contribution in [-0.4, -0.2) is 9.97 Å². The van der Waals surface area contributed by atoms with Crippen molar-refractivity contribution < 1.29 is 0 Å². The first-order chi connectivity index (χ1) is 12.3. The summed E-state index contributed by atoms with van der Waals surface area (Å²) in [5, 5.41) is 4.97. The summed E-state index contributed by atoms with van der Waals surface area (Å²) in [6.07, 6.45) is 3.43. The van der Waals surface area contributed by atoms with Crippen LogP contribution in [0.3, 0.4) is 0 Å².